The highest BCUT2D eigenvalue weighted by molar-refractivity contribution is 14.1. The van der Waals surface area contributed by atoms with E-state index in [1.165, 1.54) is 25.5 Å². The third-order valence-electron chi connectivity index (χ3n) is 4.25. The maximum Gasteiger partial charge on any atom is 0.339 e. The lowest BCUT2D eigenvalue weighted by Crippen LogP contribution is -2.18. The van der Waals surface area contributed by atoms with Crippen LogP contribution >= 0.6 is 38.5 Å². The monoisotopic (exact) mass is 628 g/mol. The zero-order valence-electron chi connectivity index (χ0n) is 17.0. The van der Waals surface area contributed by atoms with Crippen LogP contribution in [-0.4, -0.2) is 27.6 Å². The molecule has 32 heavy (non-hydrogen) atoms. The van der Waals surface area contributed by atoms with E-state index in [0.29, 0.717) is 19.2 Å². The number of rotatable bonds is 7. The summed E-state index contributed by atoms with van der Waals surface area (Å²) in [6.45, 7) is 1.87. The van der Waals surface area contributed by atoms with Crippen molar-refractivity contribution in [1.29, 1.82) is 0 Å². The molecule has 3 rings (SSSR count). The summed E-state index contributed by atoms with van der Waals surface area (Å²) < 4.78 is 37.2. The van der Waals surface area contributed by atoms with Crippen LogP contribution in [0.25, 0.3) is 0 Å². The number of ether oxygens (including phenoxy) is 1. The second kappa shape index (κ2) is 10.5. The van der Waals surface area contributed by atoms with E-state index in [0.717, 1.165) is 5.56 Å². The number of hydrogen-bond acceptors (Lipinski definition) is 6. The second-order valence-corrected chi connectivity index (χ2v) is 10.1. The molecule has 0 saturated heterocycles. The molecular formula is C22H18BrIN2O5S. The molecule has 0 aliphatic heterocycles. The van der Waals surface area contributed by atoms with Crippen molar-refractivity contribution >= 4 is 60.8 Å². The lowest BCUT2D eigenvalue weighted by molar-refractivity contribution is 0.0954. The summed E-state index contributed by atoms with van der Waals surface area (Å²) in [6, 6.07) is 16.6. The van der Waals surface area contributed by atoms with E-state index in [1.54, 1.807) is 48.5 Å². The van der Waals surface area contributed by atoms with Crippen LogP contribution in [-0.2, 0) is 10.1 Å². The maximum atomic E-state index is 12.7. The largest absolute Gasteiger partial charge is 0.493 e. The third-order valence-corrected chi connectivity index (χ3v) is 6.98. The summed E-state index contributed by atoms with van der Waals surface area (Å²) in [4.78, 5) is 12.3. The summed E-state index contributed by atoms with van der Waals surface area (Å²) in [5.74, 6) is -0.0891. The third kappa shape index (κ3) is 5.87. The van der Waals surface area contributed by atoms with Crippen LogP contribution in [0.15, 0.2) is 75.1 Å². The molecule has 1 amide bonds. The minimum Gasteiger partial charge on any atom is -0.493 e. The lowest BCUT2D eigenvalue weighted by Gasteiger charge is -2.13. The van der Waals surface area contributed by atoms with Gasteiger partial charge in [0.25, 0.3) is 5.91 Å². The molecule has 0 fully saturated rings. The number of nitrogens with one attached hydrogen (secondary N) is 1. The molecule has 1 N–H and O–H groups in total. The highest BCUT2D eigenvalue weighted by atomic mass is 127. The summed E-state index contributed by atoms with van der Waals surface area (Å²) >= 11 is 5.27. The van der Waals surface area contributed by atoms with Crippen LogP contribution in [0.1, 0.15) is 21.5 Å². The van der Waals surface area contributed by atoms with E-state index in [9.17, 15) is 13.2 Å². The molecule has 0 aliphatic carbocycles. The van der Waals surface area contributed by atoms with Gasteiger partial charge in [0.1, 0.15) is 4.90 Å². The van der Waals surface area contributed by atoms with Crippen molar-refractivity contribution in [3.8, 4) is 11.5 Å². The van der Waals surface area contributed by atoms with E-state index >= 15 is 0 Å². The standard InChI is InChI=1S/C22H18BrIN2O5S/c1-14-7-9-16(10-8-14)32(28,29)31-21-19(24)11-15(12-20(21)30-2)13-25-26-22(27)17-5-3-4-6-18(17)23/h3-13H,1-2H3,(H,26,27)/b25-13-. The summed E-state index contributed by atoms with van der Waals surface area (Å²) in [5, 5.41) is 3.97. The van der Waals surface area contributed by atoms with Crippen molar-refractivity contribution < 1.29 is 22.1 Å². The molecule has 0 spiro atoms. The number of halogens is 2. The Labute approximate surface area is 208 Å². The fraction of sp³-hybridized carbons (Fsp3) is 0.0909. The fourth-order valence-corrected chi connectivity index (χ4v) is 4.94. The van der Waals surface area contributed by atoms with Crippen LogP contribution in [0.3, 0.4) is 0 Å². The predicted octanol–water partition coefficient (Wildman–Crippen LogP) is 4.90. The number of amides is 1. The number of benzene rings is 3. The zero-order chi connectivity index (χ0) is 23.3. The second-order valence-electron chi connectivity index (χ2n) is 6.56. The Morgan fingerprint density at radius 1 is 1.12 bits per heavy atom. The Morgan fingerprint density at radius 2 is 1.81 bits per heavy atom. The Hall–Kier alpha value is -2.44. The first-order valence-corrected chi connectivity index (χ1v) is 12.5. The van der Waals surface area contributed by atoms with Crippen molar-refractivity contribution in [2.75, 3.05) is 7.11 Å². The van der Waals surface area contributed by atoms with Crippen molar-refractivity contribution in [2.24, 2.45) is 5.10 Å². The van der Waals surface area contributed by atoms with Crippen LogP contribution in [0.5, 0.6) is 11.5 Å². The van der Waals surface area contributed by atoms with Gasteiger partial charge in [-0.3, -0.25) is 4.79 Å². The SMILES string of the molecule is COc1cc(/C=N\NC(=O)c2ccccc2Br)cc(I)c1OS(=O)(=O)c1ccc(C)cc1. The first-order chi connectivity index (χ1) is 15.2. The predicted molar refractivity (Wildman–Crippen MR) is 134 cm³/mol. The van der Waals surface area contributed by atoms with Crippen molar-refractivity contribution in [3.05, 3.63) is 85.4 Å². The van der Waals surface area contributed by atoms with Crippen molar-refractivity contribution in [2.45, 2.75) is 11.8 Å². The summed E-state index contributed by atoms with van der Waals surface area (Å²) in [7, 11) is -2.63. The number of hydrazone groups is 1. The molecule has 0 aliphatic rings. The van der Waals surface area contributed by atoms with E-state index in [4.69, 9.17) is 8.92 Å². The molecule has 3 aromatic carbocycles. The molecular weight excluding hydrogens is 611 g/mol. The molecule has 0 atom stereocenters. The van der Waals surface area contributed by atoms with Crippen LogP contribution in [0, 0.1) is 10.5 Å². The number of nitrogens with zero attached hydrogens (tertiary/aromatic N) is 1. The number of carbonyl (C=O) groups is 1. The average molecular weight is 629 g/mol. The fourth-order valence-electron chi connectivity index (χ4n) is 2.63. The van der Waals surface area contributed by atoms with Gasteiger partial charge in [0.05, 0.1) is 22.5 Å². The van der Waals surface area contributed by atoms with Crippen molar-refractivity contribution in [1.82, 2.24) is 5.43 Å². The van der Waals surface area contributed by atoms with Gasteiger partial charge in [-0.1, -0.05) is 29.8 Å². The van der Waals surface area contributed by atoms with Gasteiger partial charge < -0.3 is 8.92 Å². The number of methoxy groups -OCH3 is 1. The Balaban J connectivity index is 1.80. The molecule has 7 nitrogen and oxygen atoms in total. The first-order valence-electron chi connectivity index (χ1n) is 9.18. The van der Waals surface area contributed by atoms with Gasteiger partial charge in [-0.15, -0.1) is 0 Å². The van der Waals surface area contributed by atoms with Crippen LogP contribution < -0.4 is 14.3 Å². The molecule has 0 saturated carbocycles. The lowest BCUT2D eigenvalue weighted by atomic mass is 10.2. The number of hydrogen-bond donors (Lipinski definition) is 1. The minimum absolute atomic E-state index is 0.0429. The van der Waals surface area contributed by atoms with E-state index < -0.39 is 10.1 Å². The smallest absolute Gasteiger partial charge is 0.339 e. The van der Waals surface area contributed by atoms with E-state index in [2.05, 4.69) is 26.5 Å². The van der Waals surface area contributed by atoms with Gasteiger partial charge in [0.2, 0.25) is 0 Å². The molecule has 0 bridgehead atoms. The maximum absolute atomic E-state index is 12.7. The number of carbonyl (C=O) groups excluding carboxylic acids is 1. The zero-order valence-corrected chi connectivity index (χ0v) is 21.6. The quantitative estimate of drug-likeness (QED) is 0.174. The first kappa shape index (κ1) is 24.2. The Morgan fingerprint density at radius 3 is 2.47 bits per heavy atom. The van der Waals surface area contributed by atoms with Gasteiger partial charge in [-0.05, 0) is 87.4 Å². The normalized spacial score (nSPS) is 11.4. The molecule has 0 unspecified atom stereocenters. The molecule has 166 valence electrons. The topological polar surface area (TPSA) is 94.1 Å². The van der Waals surface area contributed by atoms with Gasteiger partial charge in [0.15, 0.2) is 11.5 Å². The summed E-state index contributed by atoms with van der Waals surface area (Å²) in [6.07, 6.45) is 1.43. The van der Waals surface area contributed by atoms with Gasteiger partial charge >= 0.3 is 10.1 Å². The molecule has 10 heteroatoms. The molecule has 0 radical (unpaired) electrons. The van der Waals surface area contributed by atoms with E-state index in [-0.39, 0.29) is 22.3 Å². The molecule has 0 heterocycles. The highest BCUT2D eigenvalue weighted by Gasteiger charge is 2.22. The Kier molecular flexibility index (Phi) is 7.91. The minimum atomic E-state index is -4.04. The molecule has 0 aromatic heterocycles. The average Bonchev–Trinajstić information content (AvgIpc) is 2.75. The van der Waals surface area contributed by atoms with Gasteiger partial charge in [0, 0.05) is 4.47 Å². The Bertz CT molecular complexity index is 1280. The van der Waals surface area contributed by atoms with Crippen LogP contribution in [0.2, 0.25) is 0 Å². The van der Waals surface area contributed by atoms with Crippen molar-refractivity contribution in [3.63, 3.8) is 0 Å². The highest BCUT2D eigenvalue weighted by Crippen LogP contribution is 2.35. The van der Waals surface area contributed by atoms with E-state index in [1.807, 2.05) is 29.5 Å². The number of aryl methyl sites for hydroxylation is 1. The summed E-state index contributed by atoms with van der Waals surface area (Å²) in [5.41, 5.74) is 4.42. The van der Waals surface area contributed by atoms with Gasteiger partial charge in [-0.25, -0.2) is 5.43 Å². The van der Waals surface area contributed by atoms with Gasteiger partial charge in [-0.2, -0.15) is 13.5 Å². The van der Waals surface area contributed by atoms with Crippen LogP contribution in [0.4, 0.5) is 0 Å². The molecule has 3 aromatic rings.